The van der Waals surface area contributed by atoms with Crippen LogP contribution in [0.2, 0.25) is 0 Å². The van der Waals surface area contributed by atoms with Crippen molar-refractivity contribution in [1.82, 2.24) is 20.3 Å². The number of hydrogen-bond acceptors (Lipinski definition) is 8. The van der Waals surface area contributed by atoms with Crippen molar-refractivity contribution in [3.63, 3.8) is 0 Å². The Morgan fingerprint density at radius 2 is 1.96 bits per heavy atom. The molecule has 2 aromatic heterocycles. The van der Waals surface area contributed by atoms with Gasteiger partial charge in [-0.1, -0.05) is 5.16 Å². The molecule has 3 N–H and O–H groups in total. The third-order valence-corrected chi connectivity index (χ3v) is 5.30. The standard InChI is InChI=1S/C20H25N5O3/c1-12-19(13(2)28-24-12)16-7-14(8-17(26)9-16)11-25-5-3-15(4-6-25)20-23-22-18(10-21)27-20/h7-9,15,26H,3-6,10-11,21H2,1-2H3. The molecule has 4 rings (SSSR count). The van der Waals surface area contributed by atoms with Crippen molar-refractivity contribution < 1.29 is 14.0 Å². The molecule has 1 aliphatic heterocycles. The maximum absolute atomic E-state index is 10.2. The largest absolute Gasteiger partial charge is 0.508 e. The summed E-state index contributed by atoms with van der Waals surface area (Å²) < 4.78 is 10.9. The second kappa shape index (κ2) is 7.73. The summed E-state index contributed by atoms with van der Waals surface area (Å²) in [6, 6.07) is 5.68. The van der Waals surface area contributed by atoms with Crippen LogP contribution < -0.4 is 5.73 Å². The first-order chi connectivity index (χ1) is 13.5. The zero-order chi connectivity index (χ0) is 19.7. The molecule has 0 atom stereocenters. The van der Waals surface area contributed by atoms with Crippen LogP contribution in [0.1, 0.15) is 47.6 Å². The minimum absolute atomic E-state index is 0.252. The molecule has 0 saturated carbocycles. The maximum Gasteiger partial charge on any atom is 0.230 e. The van der Waals surface area contributed by atoms with Gasteiger partial charge in [0.2, 0.25) is 11.8 Å². The van der Waals surface area contributed by atoms with E-state index in [1.807, 2.05) is 19.9 Å². The number of nitrogens with two attached hydrogens (primary N) is 1. The molecule has 1 saturated heterocycles. The highest BCUT2D eigenvalue weighted by Crippen LogP contribution is 2.32. The summed E-state index contributed by atoms with van der Waals surface area (Å²) in [6.45, 7) is 6.71. The lowest BCUT2D eigenvalue weighted by atomic mass is 9.96. The predicted molar refractivity (Wildman–Crippen MR) is 103 cm³/mol. The van der Waals surface area contributed by atoms with E-state index in [0.717, 1.165) is 60.6 Å². The van der Waals surface area contributed by atoms with Gasteiger partial charge in [-0.3, -0.25) is 4.90 Å². The van der Waals surface area contributed by atoms with Crippen LogP contribution in [0.4, 0.5) is 0 Å². The molecular weight excluding hydrogens is 358 g/mol. The lowest BCUT2D eigenvalue weighted by Crippen LogP contribution is -2.32. The van der Waals surface area contributed by atoms with Crippen molar-refractivity contribution in [1.29, 1.82) is 0 Å². The molecule has 0 radical (unpaired) electrons. The number of benzene rings is 1. The van der Waals surface area contributed by atoms with E-state index >= 15 is 0 Å². The van der Waals surface area contributed by atoms with Crippen LogP contribution in [0.5, 0.6) is 5.75 Å². The topological polar surface area (TPSA) is 114 Å². The molecular formula is C20H25N5O3. The molecule has 1 aliphatic rings. The summed E-state index contributed by atoms with van der Waals surface area (Å²) in [4.78, 5) is 2.38. The first kappa shape index (κ1) is 18.6. The molecule has 0 amide bonds. The fraction of sp³-hybridized carbons (Fsp3) is 0.450. The first-order valence-electron chi connectivity index (χ1n) is 9.54. The molecule has 0 unspecified atom stereocenters. The Morgan fingerprint density at radius 1 is 1.18 bits per heavy atom. The summed E-state index contributed by atoms with van der Waals surface area (Å²) in [5.74, 6) is 2.47. The number of aromatic nitrogens is 3. The van der Waals surface area contributed by atoms with Crippen molar-refractivity contribution >= 4 is 0 Å². The summed E-state index contributed by atoms with van der Waals surface area (Å²) in [5, 5.41) is 22.3. The Bertz CT molecular complexity index is 937. The number of nitrogens with zero attached hydrogens (tertiary/aromatic N) is 4. The van der Waals surface area contributed by atoms with Crippen molar-refractivity contribution in [2.24, 2.45) is 5.73 Å². The molecule has 8 nitrogen and oxygen atoms in total. The Kier molecular flexibility index (Phi) is 5.15. The van der Waals surface area contributed by atoms with Crippen LogP contribution in [0.3, 0.4) is 0 Å². The Balaban J connectivity index is 1.44. The highest BCUT2D eigenvalue weighted by atomic mass is 16.5. The minimum atomic E-state index is 0.252. The smallest absolute Gasteiger partial charge is 0.230 e. The van der Waals surface area contributed by atoms with Gasteiger partial charge in [-0.2, -0.15) is 0 Å². The predicted octanol–water partition coefficient (Wildman–Crippen LogP) is 2.89. The molecule has 1 aromatic carbocycles. The van der Waals surface area contributed by atoms with E-state index in [0.29, 0.717) is 11.8 Å². The monoisotopic (exact) mass is 383 g/mol. The lowest BCUT2D eigenvalue weighted by Gasteiger charge is -2.30. The number of hydrogen-bond donors (Lipinski definition) is 2. The molecule has 8 heteroatoms. The fourth-order valence-corrected chi connectivity index (χ4v) is 3.92. The molecule has 28 heavy (non-hydrogen) atoms. The van der Waals surface area contributed by atoms with Gasteiger partial charge >= 0.3 is 0 Å². The van der Waals surface area contributed by atoms with E-state index in [2.05, 4.69) is 26.3 Å². The molecule has 148 valence electrons. The number of aromatic hydroxyl groups is 1. The van der Waals surface area contributed by atoms with E-state index in [9.17, 15) is 5.11 Å². The van der Waals surface area contributed by atoms with E-state index in [-0.39, 0.29) is 18.2 Å². The fourth-order valence-electron chi connectivity index (χ4n) is 3.92. The number of piperidine rings is 1. The number of aryl methyl sites for hydroxylation is 2. The second-order valence-electron chi connectivity index (χ2n) is 7.38. The highest BCUT2D eigenvalue weighted by Gasteiger charge is 2.25. The van der Waals surface area contributed by atoms with Crippen LogP contribution in [-0.2, 0) is 13.1 Å². The van der Waals surface area contributed by atoms with Gasteiger partial charge in [-0.05, 0) is 69.1 Å². The van der Waals surface area contributed by atoms with Gasteiger partial charge in [0.15, 0.2) is 0 Å². The van der Waals surface area contributed by atoms with E-state index in [1.165, 1.54) is 0 Å². The maximum atomic E-state index is 10.2. The van der Waals surface area contributed by atoms with E-state index in [1.54, 1.807) is 6.07 Å². The van der Waals surface area contributed by atoms with Gasteiger partial charge in [0, 0.05) is 18.0 Å². The van der Waals surface area contributed by atoms with Crippen molar-refractivity contribution in [3.8, 4) is 16.9 Å². The van der Waals surface area contributed by atoms with Gasteiger partial charge in [0.25, 0.3) is 0 Å². The van der Waals surface area contributed by atoms with Gasteiger partial charge in [0.05, 0.1) is 12.2 Å². The quantitative estimate of drug-likeness (QED) is 0.691. The summed E-state index contributed by atoms with van der Waals surface area (Å²) in [6.07, 6.45) is 1.92. The van der Waals surface area contributed by atoms with Crippen LogP contribution in [-0.4, -0.2) is 38.4 Å². The van der Waals surface area contributed by atoms with Gasteiger partial charge in [-0.15, -0.1) is 10.2 Å². The van der Waals surface area contributed by atoms with Crippen LogP contribution in [0.25, 0.3) is 11.1 Å². The number of phenolic OH excluding ortho intramolecular Hbond substituents is 1. The summed E-state index contributed by atoms with van der Waals surface area (Å²) >= 11 is 0. The molecule has 0 aliphatic carbocycles. The second-order valence-corrected chi connectivity index (χ2v) is 7.38. The SMILES string of the molecule is Cc1noc(C)c1-c1cc(O)cc(CN2CCC(c3nnc(CN)o3)CC2)c1. The molecule has 0 bridgehead atoms. The Morgan fingerprint density at radius 3 is 2.61 bits per heavy atom. The third-order valence-electron chi connectivity index (χ3n) is 5.30. The van der Waals surface area contributed by atoms with Crippen molar-refractivity contribution in [2.45, 2.75) is 45.7 Å². The molecule has 1 fully saturated rings. The number of rotatable bonds is 5. The average molecular weight is 383 g/mol. The normalized spacial score (nSPS) is 16.0. The molecule has 3 aromatic rings. The van der Waals surface area contributed by atoms with Crippen LogP contribution in [0, 0.1) is 13.8 Å². The van der Waals surface area contributed by atoms with Crippen molar-refractivity contribution in [3.05, 3.63) is 47.0 Å². The van der Waals surface area contributed by atoms with Crippen LogP contribution >= 0.6 is 0 Å². The van der Waals surface area contributed by atoms with Gasteiger partial charge in [0.1, 0.15) is 11.5 Å². The molecule has 3 heterocycles. The first-order valence-corrected chi connectivity index (χ1v) is 9.54. The van der Waals surface area contributed by atoms with E-state index in [4.69, 9.17) is 14.7 Å². The minimum Gasteiger partial charge on any atom is -0.508 e. The van der Waals surface area contributed by atoms with Crippen LogP contribution in [0.15, 0.2) is 27.1 Å². The lowest BCUT2D eigenvalue weighted by molar-refractivity contribution is 0.192. The average Bonchev–Trinajstić information content (AvgIpc) is 3.28. The Hall–Kier alpha value is -2.71. The van der Waals surface area contributed by atoms with Gasteiger partial charge < -0.3 is 19.8 Å². The van der Waals surface area contributed by atoms with Gasteiger partial charge in [-0.25, -0.2) is 0 Å². The highest BCUT2D eigenvalue weighted by molar-refractivity contribution is 5.69. The zero-order valence-electron chi connectivity index (χ0n) is 16.2. The summed E-state index contributed by atoms with van der Waals surface area (Å²) in [7, 11) is 0. The number of phenols is 1. The Labute approximate surface area is 163 Å². The zero-order valence-corrected chi connectivity index (χ0v) is 16.2. The molecule has 0 spiro atoms. The van der Waals surface area contributed by atoms with E-state index < -0.39 is 0 Å². The summed E-state index contributed by atoms with van der Waals surface area (Å²) in [5.41, 5.74) is 9.31. The third kappa shape index (κ3) is 3.79. The van der Waals surface area contributed by atoms with Crippen molar-refractivity contribution in [2.75, 3.05) is 13.1 Å². The number of likely N-dealkylation sites (tertiary alicyclic amines) is 1.